The van der Waals surface area contributed by atoms with E-state index >= 15 is 0 Å². The molecule has 0 spiro atoms. The molecule has 1 heterocycles. The van der Waals surface area contributed by atoms with Crippen molar-refractivity contribution in [2.75, 3.05) is 24.6 Å². The van der Waals surface area contributed by atoms with Gasteiger partial charge in [0.2, 0.25) is 5.91 Å². The molecule has 3 aromatic rings. The number of carbonyl (C=O) groups excluding carboxylic acids is 3. The lowest BCUT2D eigenvalue weighted by molar-refractivity contribution is -0.134. The summed E-state index contributed by atoms with van der Waals surface area (Å²) in [6, 6.07) is 17.3. The first-order valence-corrected chi connectivity index (χ1v) is 13.8. The summed E-state index contributed by atoms with van der Waals surface area (Å²) in [5.74, 6) is -1.10. The number of carbonyl (C=O) groups is 4. The fourth-order valence-corrected chi connectivity index (χ4v) is 4.42. The van der Waals surface area contributed by atoms with Crippen molar-refractivity contribution in [1.82, 2.24) is 16.0 Å². The van der Waals surface area contributed by atoms with Crippen LogP contribution in [-0.4, -0.2) is 59.6 Å². The summed E-state index contributed by atoms with van der Waals surface area (Å²) in [7, 11) is 0. The minimum Gasteiger partial charge on any atom is -0.481 e. The van der Waals surface area contributed by atoms with E-state index < -0.39 is 30.1 Å². The molecular formula is C28H33N3O7S. The van der Waals surface area contributed by atoms with E-state index in [0.717, 1.165) is 10.9 Å². The number of carboxylic acid groups (broad SMARTS) is 1. The molecule has 2 atom stereocenters. The van der Waals surface area contributed by atoms with Gasteiger partial charge in [0.25, 0.3) is 5.91 Å². The summed E-state index contributed by atoms with van der Waals surface area (Å²) < 4.78 is 11.0. The molecule has 0 bridgehead atoms. The number of ether oxygens (including phenoxy) is 1. The number of aliphatic carboxylic acids is 1. The maximum Gasteiger partial charge on any atom is 0.407 e. The SMILES string of the molecule is CC(OC(=O)NCCC[C@H](NC(=O)c1cc2ccccc2o1)C(=O)NCCCSCC(=O)O)c1ccccc1. The molecule has 208 valence electrons. The fraction of sp³-hybridized carbons (Fsp3) is 0.357. The van der Waals surface area contributed by atoms with E-state index in [4.69, 9.17) is 14.3 Å². The first-order chi connectivity index (χ1) is 18.8. The third-order valence-corrected chi connectivity index (χ3v) is 6.78. The smallest absolute Gasteiger partial charge is 0.407 e. The second-order valence-corrected chi connectivity index (χ2v) is 9.90. The van der Waals surface area contributed by atoms with Gasteiger partial charge in [-0.15, -0.1) is 0 Å². The lowest BCUT2D eigenvalue weighted by atomic mass is 10.1. The van der Waals surface area contributed by atoms with E-state index in [2.05, 4.69) is 16.0 Å². The van der Waals surface area contributed by atoms with E-state index in [9.17, 15) is 19.2 Å². The van der Waals surface area contributed by atoms with Crippen LogP contribution in [0.15, 0.2) is 65.1 Å². The molecule has 0 fully saturated rings. The summed E-state index contributed by atoms with van der Waals surface area (Å²) in [5, 5.41) is 17.7. The monoisotopic (exact) mass is 555 g/mol. The van der Waals surface area contributed by atoms with Crippen LogP contribution in [0, 0.1) is 0 Å². The van der Waals surface area contributed by atoms with E-state index in [1.54, 1.807) is 25.1 Å². The zero-order chi connectivity index (χ0) is 28.0. The predicted octanol–water partition coefficient (Wildman–Crippen LogP) is 4.12. The molecule has 1 aromatic heterocycles. The average molecular weight is 556 g/mol. The van der Waals surface area contributed by atoms with Gasteiger partial charge >= 0.3 is 12.1 Å². The van der Waals surface area contributed by atoms with Crippen LogP contribution in [0.4, 0.5) is 4.79 Å². The van der Waals surface area contributed by atoms with Crippen molar-refractivity contribution < 1.29 is 33.4 Å². The summed E-state index contributed by atoms with van der Waals surface area (Å²) in [4.78, 5) is 48.6. The Bertz CT molecular complexity index is 1220. The van der Waals surface area contributed by atoms with Gasteiger partial charge in [0.15, 0.2) is 5.76 Å². The molecule has 4 N–H and O–H groups in total. The van der Waals surface area contributed by atoms with Gasteiger partial charge in [0.05, 0.1) is 5.75 Å². The summed E-state index contributed by atoms with van der Waals surface area (Å²) in [6.07, 6.45) is 0.266. The number of alkyl carbamates (subject to hydrolysis) is 1. The Balaban J connectivity index is 1.50. The van der Waals surface area contributed by atoms with Gasteiger partial charge in [-0.2, -0.15) is 11.8 Å². The Hall–Kier alpha value is -3.99. The molecule has 3 amide bonds. The second kappa shape index (κ2) is 15.4. The molecule has 0 aliphatic rings. The summed E-state index contributed by atoms with van der Waals surface area (Å²) in [6.45, 7) is 2.37. The molecule has 0 radical (unpaired) electrons. The highest BCUT2D eigenvalue weighted by atomic mass is 32.2. The number of carboxylic acids is 1. The lowest BCUT2D eigenvalue weighted by Crippen LogP contribution is -2.47. The van der Waals surface area contributed by atoms with Crippen molar-refractivity contribution in [3.8, 4) is 0 Å². The highest BCUT2D eigenvalue weighted by molar-refractivity contribution is 7.99. The maximum atomic E-state index is 12.9. The maximum absolute atomic E-state index is 12.9. The Morgan fingerprint density at radius 2 is 1.69 bits per heavy atom. The van der Waals surface area contributed by atoms with Crippen molar-refractivity contribution in [2.45, 2.75) is 38.3 Å². The molecule has 0 aliphatic heterocycles. The van der Waals surface area contributed by atoms with Gasteiger partial charge in [-0.25, -0.2) is 4.79 Å². The Labute approximate surface area is 230 Å². The summed E-state index contributed by atoms with van der Waals surface area (Å²) >= 11 is 1.27. The number of hydrogen-bond acceptors (Lipinski definition) is 7. The number of thioether (sulfide) groups is 1. The average Bonchev–Trinajstić information content (AvgIpc) is 3.37. The van der Waals surface area contributed by atoms with Gasteiger partial charge < -0.3 is 30.2 Å². The standard InChI is InChI=1S/C28H33N3O7S/c1-19(20-9-3-2-4-10-20)37-28(36)30-14-7-12-22(26(34)29-15-8-16-39-18-25(32)33)31-27(35)24-17-21-11-5-6-13-23(21)38-24/h2-6,9-11,13,17,19,22H,7-8,12,14-16,18H2,1H3,(H,29,34)(H,30,36)(H,31,35)(H,32,33)/t19?,22-/m0/s1. The van der Waals surface area contributed by atoms with Gasteiger partial charge in [0.1, 0.15) is 17.7 Å². The van der Waals surface area contributed by atoms with E-state index in [1.807, 2.05) is 42.5 Å². The third-order valence-electron chi connectivity index (χ3n) is 5.75. The molecule has 11 heteroatoms. The number of amides is 3. The topological polar surface area (TPSA) is 147 Å². The van der Waals surface area contributed by atoms with E-state index in [-0.39, 0.29) is 30.4 Å². The molecule has 0 saturated heterocycles. The van der Waals surface area contributed by atoms with Crippen molar-refractivity contribution in [2.24, 2.45) is 0 Å². The Kier molecular flexibility index (Phi) is 11.7. The number of fused-ring (bicyclic) bond motifs is 1. The normalized spacial score (nSPS) is 12.3. The van der Waals surface area contributed by atoms with Crippen molar-refractivity contribution in [1.29, 1.82) is 0 Å². The van der Waals surface area contributed by atoms with Crippen molar-refractivity contribution in [3.05, 3.63) is 72.0 Å². The quantitative estimate of drug-likeness (QED) is 0.205. The third kappa shape index (κ3) is 10.0. The number of hydrogen-bond donors (Lipinski definition) is 4. The van der Waals surface area contributed by atoms with Crippen LogP contribution >= 0.6 is 11.8 Å². The van der Waals surface area contributed by atoms with Crippen LogP contribution in [0.3, 0.4) is 0 Å². The highest BCUT2D eigenvalue weighted by Crippen LogP contribution is 2.19. The number of nitrogens with one attached hydrogen (secondary N) is 3. The predicted molar refractivity (Wildman–Crippen MR) is 149 cm³/mol. The molecule has 1 unspecified atom stereocenters. The molecular weight excluding hydrogens is 522 g/mol. The Morgan fingerprint density at radius 3 is 2.44 bits per heavy atom. The zero-order valence-electron chi connectivity index (χ0n) is 21.7. The minimum absolute atomic E-state index is 0.00366. The molecule has 10 nitrogen and oxygen atoms in total. The molecule has 0 saturated carbocycles. The lowest BCUT2D eigenvalue weighted by Gasteiger charge is -2.18. The van der Waals surface area contributed by atoms with Crippen LogP contribution in [-0.2, 0) is 14.3 Å². The fourth-order valence-electron chi connectivity index (χ4n) is 3.75. The number of benzene rings is 2. The molecule has 3 rings (SSSR count). The van der Waals surface area contributed by atoms with Crippen molar-refractivity contribution in [3.63, 3.8) is 0 Å². The van der Waals surface area contributed by atoms with Crippen LogP contribution in [0.5, 0.6) is 0 Å². The van der Waals surface area contributed by atoms with Crippen molar-refractivity contribution >= 4 is 46.6 Å². The highest BCUT2D eigenvalue weighted by Gasteiger charge is 2.23. The van der Waals surface area contributed by atoms with Crippen LogP contribution in [0.25, 0.3) is 11.0 Å². The number of rotatable bonds is 15. The van der Waals surface area contributed by atoms with E-state index in [0.29, 0.717) is 30.7 Å². The largest absolute Gasteiger partial charge is 0.481 e. The molecule has 39 heavy (non-hydrogen) atoms. The molecule has 0 aliphatic carbocycles. The van der Waals surface area contributed by atoms with Gasteiger partial charge in [-0.05, 0) is 49.6 Å². The van der Waals surface area contributed by atoms with E-state index in [1.165, 1.54) is 11.8 Å². The Morgan fingerprint density at radius 1 is 0.974 bits per heavy atom. The van der Waals surface area contributed by atoms with Crippen LogP contribution < -0.4 is 16.0 Å². The van der Waals surface area contributed by atoms with Gasteiger partial charge in [-0.1, -0.05) is 48.5 Å². The second-order valence-electron chi connectivity index (χ2n) is 8.79. The first kappa shape index (κ1) is 29.6. The molecule has 2 aromatic carbocycles. The number of furan rings is 1. The van der Waals surface area contributed by atoms with Crippen LogP contribution in [0.1, 0.15) is 48.4 Å². The van der Waals surface area contributed by atoms with Gasteiger partial charge in [0, 0.05) is 18.5 Å². The summed E-state index contributed by atoms with van der Waals surface area (Å²) in [5.41, 5.74) is 1.44. The first-order valence-electron chi connectivity index (χ1n) is 12.7. The zero-order valence-corrected chi connectivity index (χ0v) is 22.5. The minimum atomic E-state index is -0.885. The van der Waals surface area contributed by atoms with Crippen LogP contribution in [0.2, 0.25) is 0 Å². The van der Waals surface area contributed by atoms with Gasteiger partial charge in [-0.3, -0.25) is 14.4 Å². The number of para-hydroxylation sites is 1.